The lowest BCUT2D eigenvalue weighted by Gasteiger charge is -2.08. The number of halogens is 2. The quantitative estimate of drug-likeness (QED) is 0.777. The highest BCUT2D eigenvalue weighted by Gasteiger charge is 2.03. The molecule has 2 rings (SSSR count). The fourth-order valence-electron chi connectivity index (χ4n) is 1.51. The van der Waals surface area contributed by atoms with Gasteiger partial charge in [0.15, 0.2) is 0 Å². The number of hydrogen-bond donors (Lipinski definition) is 0. The first-order valence-electron chi connectivity index (χ1n) is 5.31. The Labute approximate surface area is 115 Å². The molecule has 0 aliphatic heterocycles. The predicted molar refractivity (Wildman–Crippen MR) is 72.6 cm³/mol. The topological polar surface area (TPSA) is 26.3 Å². The standard InChI is InChI=1S/C14H10Cl2O2/c15-12-5-10(8-17)6-13(7-12)18-9-11-3-1-2-4-14(11)16/h1-8H,9H2. The Hall–Kier alpha value is -1.51. The van der Waals surface area contributed by atoms with Crippen LogP contribution in [0.4, 0.5) is 0 Å². The van der Waals surface area contributed by atoms with Crippen LogP contribution >= 0.6 is 23.2 Å². The maximum absolute atomic E-state index is 10.7. The molecule has 2 aromatic rings. The summed E-state index contributed by atoms with van der Waals surface area (Å²) in [4.78, 5) is 10.7. The van der Waals surface area contributed by atoms with Crippen LogP contribution in [-0.4, -0.2) is 6.29 Å². The Morgan fingerprint density at radius 1 is 1.11 bits per heavy atom. The summed E-state index contributed by atoms with van der Waals surface area (Å²) in [6, 6.07) is 12.3. The second-order valence-corrected chi connectivity index (χ2v) is 4.56. The summed E-state index contributed by atoms with van der Waals surface area (Å²) in [5.41, 5.74) is 1.36. The molecule has 0 aromatic heterocycles. The number of rotatable bonds is 4. The normalized spacial score (nSPS) is 10.1. The van der Waals surface area contributed by atoms with Crippen LogP contribution in [0.3, 0.4) is 0 Å². The molecule has 2 aromatic carbocycles. The van der Waals surface area contributed by atoms with Gasteiger partial charge in [-0.3, -0.25) is 4.79 Å². The van der Waals surface area contributed by atoms with E-state index in [4.69, 9.17) is 27.9 Å². The minimum absolute atomic E-state index is 0.332. The van der Waals surface area contributed by atoms with Gasteiger partial charge in [-0.25, -0.2) is 0 Å². The highest BCUT2D eigenvalue weighted by atomic mass is 35.5. The molecule has 0 heterocycles. The summed E-state index contributed by atoms with van der Waals surface area (Å²) < 4.78 is 5.57. The summed E-state index contributed by atoms with van der Waals surface area (Å²) in [5.74, 6) is 0.546. The van der Waals surface area contributed by atoms with Gasteiger partial charge >= 0.3 is 0 Å². The van der Waals surface area contributed by atoms with Crippen LogP contribution in [-0.2, 0) is 6.61 Å². The molecule has 0 saturated carbocycles. The first kappa shape index (κ1) is 12.9. The van der Waals surface area contributed by atoms with Crippen molar-refractivity contribution < 1.29 is 9.53 Å². The number of ether oxygens (including phenoxy) is 1. The van der Waals surface area contributed by atoms with E-state index in [0.29, 0.717) is 28.0 Å². The van der Waals surface area contributed by atoms with Crippen molar-refractivity contribution in [3.63, 3.8) is 0 Å². The van der Waals surface area contributed by atoms with E-state index in [1.165, 1.54) is 0 Å². The molecule has 0 atom stereocenters. The highest BCUT2D eigenvalue weighted by Crippen LogP contribution is 2.22. The van der Waals surface area contributed by atoms with E-state index in [-0.39, 0.29) is 0 Å². The lowest BCUT2D eigenvalue weighted by molar-refractivity contribution is 0.112. The maximum Gasteiger partial charge on any atom is 0.150 e. The Bertz CT molecular complexity index is 567. The average Bonchev–Trinajstić information content (AvgIpc) is 2.37. The second-order valence-electron chi connectivity index (χ2n) is 3.72. The fourth-order valence-corrected chi connectivity index (χ4v) is 1.94. The van der Waals surface area contributed by atoms with Gasteiger partial charge < -0.3 is 4.74 Å². The molecular formula is C14H10Cl2O2. The molecule has 4 heteroatoms. The van der Waals surface area contributed by atoms with Crippen LogP contribution in [0.25, 0.3) is 0 Å². The van der Waals surface area contributed by atoms with Crippen molar-refractivity contribution in [3.8, 4) is 5.75 Å². The van der Waals surface area contributed by atoms with E-state index in [1.807, 2.05) is 18.2 Å². The predicted octanol–water partition coefficient (Wildman–Crippen LogP) is 4.38. The van der Waals surface area contributed by atoms with E-state index in [9.17, 15) is 4.79 Å². The molecule has 0 amide bonds. The number of aldehydes is 1. The summed E-state index contributed by atoms with van der Waals surface area (Å²) in [5, 5.41) is 1.11. The molecule has 0 N–H and O–H groups in total. The van der Waals surface area contributed by atoms with Gasteiger partial charge in [-0.2, -0.15) is 0 Å². The highest BCUT2D eigenvalue weighted by molar-refractivity contribution is 6.31. The summed E-state index contributed by atoms with van der Waals surface area (Å²) in [6.07, 6.45) is 0.730. The zero-order valence-corrected chi connectivity index (χ0v) is 10.9. The third-order valence-corrected chi connectivity index (χ3v) is 2.97. The first-order valence-corrected chi connectivity index (χ1v) is 6.06. The number of carbonyl (C=O) groups excluding carboxylic acids is 1. The minimum Gasteiger partial charge on any atom is -0.489 e. The molecule has 0 aliphatic rings. The van der Waals surface area contributed by atoms with Crippen LogP contribution in [0.15, 0.2) is 42.5 Å². The molecule has 0 bridgehead atoms. The van der Waals surface area contributed by atoms with Crippen molar-refractivity contribution in [1.29, 1.82) is 0 Å². The molecule has 0 radical (unpaired) electrons. The number of benzene rings is 2. The van der Waals surface area contributed by atoms with Crippen LogP contribution < -0.4 is 4.74 Å². The lowest BCUT2D eigenvalue weighted by atomic mass is 10.2. The van der Waals surface area contributed by atoms with Gasteiger partial charge in [0.2, 0.25) is 0 Å². The minimum atomic E-state index is 0.332. The molecular weight excluding hydrogens is 271 g/mol. The van der Waals surface area contributed by atoms with E-state index in [1.54, 1.807) is 24.3 Å². The van der Waals surface area contributed by atoms with E-state index in [2.05, 4.69) is 0 Å². The van der Waals surface area contributed by atoms with Crippen molar-refractivity contribution in [1.82, 2.24) is 0 Å². The van der Waals surface area contributed by atoms with Gasteiger partial charge in [0.1, 0.15) is 18.6 Å². The van der Waals surface area contributed by atoms with E-state index >= 15 is 0 Å². The summed E-state index contributed by atoms with van der Waals surface area (Å²) in [7, 11) is 0. The van der Waals surface area contributed by atoms with Gasteiger partial charge in [0.25, 0.3) is 0 Å². The Kier molecular flexibility index (Phi) is 4.24. The van der Waals surface area contributed by atoms with Crippen LogP contribution in [0, 0.1) is 0 Å². The van der Waals surface area contributed by atoms with Gasteiger partial charge in [0.05, 0.1) is 0 Å². The zero-order valence-electron chi connectivity index (χ0n) is 9.40. The van der Waals surface area contributed by atoms with E-state index < -0.39 is 0 Å². The first-order chi connectivity index (χ1) is 8.69. The Morgan fingerprint density at radius 3 is 2.61 bits per heavy atom. The van der Waals surface area contributed by atoms with Crippen molar-refractivity contribution >= 4 is 29.5 Å². The molecule has 18 heavy (non-hydrogen) atoms. The van der Waals surface area contributed by atoms with Gasteiger partial charge in [-0.15, -0.1) is 0 Å². The number of carbonyl (C=O) groups is 1. The largest absolute Gasteiger partial charge is 0.489 e. The average molecular weight is 281 g/mol. The Morgan fingerprint density at radius 2 is 1.89 bits per heavy atom. The second kappa shape index (κ2) is 5.89. The third kappa shape index (κ3) is 3.25. The fraction of sp³-hybridized carbons (Fsp3) is 0.0714. The van der Waals surface area contributed by atoms with Gasteiger partial charge in [-0.05, 0) is 24.3 Å². The molecule has 0 spiro atoms. The summed E-state index contributed by atoms with van der Waals surface area (Å²) in [6.45, 7) is 0.332. The molecule has 0 saturated heterocycles. The Balaban J connectivity index is 2.13. The van der Waals surface area contributed by atoms with E-state index in [0.717, 1.165) is 11.8 Å². The monoisotopic (exact) mass is 280 g/mol. The van der Waals surface area contributed by atoms with Crippen LogP contribution in [0.2, 0.25) is 10.0 Å². The molecule has 0 fully saturated rings. The van der Waals surface area contributed by atoms with Crippen molar-refractivity contribution in [3.05, 3.63) is 63.6 Å². The molecule has 0 unspecified atom stereocenters. The SMILES string of the molecule is O=Cc1cc(Cl)cc(OCc2ccccc2Cl)c1. The lowest BCUT2D eigenvalue weighted by Crippen LogP contribution is -1.96. The van der Waals surface area contributed by atoms with Crippen molar-refractivity contribution in [2.24, 2.45) is 0 Å². The van der Waals surface area contributed by atoms with Gasteiger partial charge in [0, 0.05) is 21.2 Å². The van der Waals surface area contributed by atoms with Crippen molar-refractivity contribution in [2.75, 3.05) is 0 Å². The molecule has 0 aliphatic carbocycles. The van der Waals surface area contributed by atoms with Gasteiger partial charge in [-0.1, -0.05) is 41.4 Å². The zero-order chi connectivity index (χ0) is 13.0. The third-order valence-electron chi connectivity index (χ3n) is 2.38. The van der Waals surface area contributed by atoms with Crippen LogP contribution in [0.1, 0.15) is 15.9 Å². The van der Waals surface area contributed by atoms with Crippen LogP contribution in [0.5, 0.6) is 5.75 Å². The van der Waals surface area contributed by atoms with Crippen molar-refractivity contribution in [2.45, 2.75) is 6.61 Å². The smallest absolute Gasteiger partial charge is 0.150 e. The molecule has 92 valence electrons. The maximum atomic E-state index is 10.7. The summed E-state index contributed by atoms with van der Waals surface area (Å²) >= 11 is 11.9. The molecule has 2 nitrogen and oxygen atoms in total. The number of hydrogen-bond acceptors (Lipinski definition) is 2.